The van der Waals surface area contributed by atoms with E-state index >= 15 is 0 Å². The second-order valence-corrected chi connectivity index (χ2v) is 8.57. The van der Waals surface area contributed by atoms with E-state index < -0.39 is 42.0 Å². The second-order valence-electron chi connectivity index (χ2n) is 6.60. The summed E-state index contributed by atoms with van der Waals surface area (Å²) >= 11 is 2.60. The van der Waals surface area contributed by atoms with E-state index in [1.807, 2.05) is 6.92 Å². The van der Waals surface area contributed by atoms with Crippen molar-refractivity contribution in [1.29, 1.82) is 0 Å². The summed E-state index contributed by atoms with van der Waals surface area (Å²) in [6.45, 7) is 2.11. The summed E-state index contributed by atoms with van der Waals surface area (Å²) in [5.74, 6) is -9.37. The topological polar surface area (TPSA) is 84.5 Å². The number of carbonyl (C=O) groups excluding carboxylic acids is 3. The van der Waals surface area contributed by atoms with Crippen molar-refractivity contribution in [3.05, 3.63) is 0 Å². The van der Waals surface area contributed by atoms with Crippen LogP contribution in [0.15, 0.2) is 0 Å². The van der Waals surface area contributed by atoms with E-state index in [2.05, 4.69) is 5.32 Å². The lowest BCUT2D eigenvalue weighted by molar-refractivity contribution is -0.270. The van der Waals surface area contributed by atoms with Crippen LogP contribution in [0.25, 0.3) is 0 Å². The predicted molar refractivity (Wildman–Crippen MR) is 111 cm³/mol. The van der Waals surface area contributed by atoms with Gasteiger partial charge in [-0.25, -0.2) is 4.79 Å². The summed E-state index contributed by atoms with van der Waals surface area (Å²) in [7, 11) is 0. The van der Waals surface area contributed by atoms with Crippen molar-refractivity contribution in [2.24, 2.45) is 0 Å². The Morgan fingerprint density at radius 3 is 1.94 bits per heavy atom. The highest BCUT2D eigenvalue weighted by atomic mass is 32.2. The lowest BCUT2D eigenvalue weighted by atomic mass is 10.1. The molecule has 0 radical (unpaired) electrons. The Bertz CT molecular complexity index is 580. The fourth-order valence-electron chi connectivity index (χ4n) is 2.26. The minimum absolute atomic E-state index is 0.142. The average molecular weight is 497 g/mol. The number of amides is 2. The average Bonchev–Trinajstić information content (AvgIpc) is 2.69. The number of nitrogens with one attached hydrogen (secondary N) is 2. The van der Waals surface area contributed by atoms with Crippen LogP contribution in [-0.2, 0) is 19.1 Å². The molecule has 6 nitrogen and oxygen atoms in total. The number of thioether (sulfide) groups is 2. The summed E-state index contributed by atoms with van der Waals surface area (Å²) in [6, 6.07) is -2.78. The minimum Gasteiger partial charge on any atom is -0.464 e. The smallest absolute Gasteiger partial charge is 0.463 e. The van der Waals surface area contributed by atoms with Gasteiger partial charge in [-0.1, -0.05) is 19.8 Å². The van der Waals surface area contributed by atoms with Gasteiger partial charge in [0, 0.05) is 0 Å². The Morgan fingerprint density at radius 2 is 1.45 bits per heavy atom. The van der Waals surface area contributed by atoms with Crippen LogP contribution in [0.4, 0.5) is 22.0 Å². The molecule has 0 saturated heterocycles. The number of alkyl halides is 5. The number of rotatable bonds is 15. The molecule has 0 aromatic rings. The van der Waals surface area contributed by atoms with Crippen LogP contribution in [0.3, 0.4) is 0 Å². The molecule has 2 unspecified atom stereocenters. The van der Waals surface area contributed by atoms with Crippen LogP contribution < -0.4 is 10.6 Å². The molecule has 2 amide bonds. The molecule has 0 saturated carbocycles. The molecule has 0 spiro atoms. The van der Waals surface area contributed by atoms with Crippen molar-refractivity contribution in [2.75, 3.05) is 30.6 Å². The van der Waals surface area contributed by atoms with Crippen LogP contribution >= 0.6 is 23.5 Å². The number of unbranched alkanes of at least 4 members (excludes halogenated alkanes) is 2. The van der Waals surface area contributed by atoms with Crippen molar-refractivity contribution in [2.45, 2.75) is 63.2 Å². The summed E-state index contributed by atoms with van der Waals surface area (Å²) in [6.07, 6.45) is -0.350. The van der Waals surface area contributed by atoms with Crippen LogP contribution in [0.1, 0.15) is 39.0 Å². The van der Waals surface area contributed by atoms with Crippen LogP contribution in [-0.4, -0.2) is 72.6 Å². The van der Waals surface area contributed by atoms with Gasteiger partial charge in [0.2, 0.25) is 5.91 Å². The zero-order chi connectivity index (χ0) is 24.1. The molecule has 0 rings (SSSR count). The molecule has 0 aliphatic rings. The Morgan fingerprint density at radius 1 is 0.903 bits per heavy atom. The number of carbonyl (C=O) groups is 3. The van der Waals surface area contributed by atoms with Crippen molar-refractivity contribution < 1.29 is 41.1 Å². The second kappa shape index (κ2) is 14.8. The third kappa shape index (κ3) is 10.8. The summed E-state index contributed by atoms with van der Waals surface area (Å²) in [5.41, 5.74) is 0. The van der Waals surface area contributed by atoms with E-state index in [9.17, 15) is 36.3 Å². The normalized spacial score (nSPS) is 13.9. The van der Waals surface area contributed by atoms with Gasteiger partial charge in [0.25, 0.3) is 0 Å². The molecule has 0 bridgehead atoms. The standard InChI is InChI=1S/C18H29F5N2O4S2/c1-4-5-6-9-29-15(27)13(8-11-31-3)24-14(26)12(7-10-30-2)25-16(28)17(19,20)18(21,22)23/h12-13H,4-11H2,1-3H3,(H,24,26)(H,25,28). The van der Waals surface area contributed by atoms with Gasteiger partial charge in [0.05, 0.1) is 6.61 Å². The fourth-order valence-corrected chi connectivity index (χ4v) is 3.21. The zero-order valence-corrected chi connectivity index (χ0v) is 19.3. The Kier molecular flexibility index (Phi) is 14.2. The van der Waals surface area contributed by atoms with E-state index in [1.165, 1.54) is 28.8 Å². The quantitative estimate of drug-likeness (QED) is 0.205. The van der Waals surface area contributed by atoms with Crippen LogP contribution in [0.2, 0.25) is 0 Å². The molecule has 2 N–H and O–H groups in total. The predicted octanol–water partition coefficient (Wildman–Crippen LogP) is 3.39. The number of ether oxygens (including phenoxy) is 1. The van der Waals surface area contributed by atoms with Gasteiger partial charge < -0.3 is 15.4 Å². The molecule has 0 heterocycles. The first-order valence-corrected chi connectivity index (χ1v) is 12.4. The lowest BCUT2D eigenvalue weighted by Crippen LogP contribution is -2.58. The number of halogens is 5. The van der Waals surface area contributed by atoms with E-state index in [0.29, 0.717) is 12.2 Å². The first-order chi connectivity index (χ1) is 14.4. The van der Waals surface area contributed by atoms with Crippen molar-refractivity contribution in [3.8, 4) is 0 Å². The summed E-state index contributed by atoms with van der Waals surface area (Å²) < 4.78 is 69.0. The highest BCUT2D eigenvalue weighted by Gasteiger charge is 2.63. The van der Waals surface area contributed by atoms with E-state index in [0.717, 1.165) is 12.8 Å². The monoisotopic (exact) mass is 496 g/mol. The molecule has 0 fully saturated rings. The molecule has 0 aromatic heterocycles. The highest BCUT2D eigenvalue weighted by molar-refractivity contribution is 7.98. The maximum Gasteiger partial charge on any atom is 0.463 e. The van der Waals surface area contributed by atoms with Gasteiger partial charge in [-0.3, -0.25) is 9.59 Å². The zero-order valence-electron chi connectivity index (χ0n) is 17.7. The molecule has 13 heteroatoms. The third-order valence-corrected chi connectivity index (χ3v) is 5.37. The minimum atomic E-state index is -6.10. The Labute approximate surface area is 187 Å². The first-order valence-electron chi connectivity index (χ1n) is 9.62. The SMILES string of the molecule is CCCCCOC(=O)C(CCSC)NC(=O)C(CCSC)NC(=O)C(F)(F)C(F)(F)F. The fraction of sp³-hybridized carbons (Fsp3) is 0.833. The molecule has 182 valence electrons. The first kappa shape index (κ1) is 29.8. The van der Waals surface area contributed by atoms with Crippen molar-refractivity contribution >= 4 is 41.3 Å². The largest absolute Gasteiger partial charge is 0.464 e. The van der Waals surface area contributed by atoms with Gasteiger partial charge in [-0.2, -0.15) is 45.5 Å². The molecule has 2 atom stereocenters. The Hall–Kier alpha value is -1.24. The maximum absolute atomic E-state index is 13.3. The van der Waals surface area contributed by atoms with E-state index in [-0.39, 0.29) is 25.2 Å². The molecule has 0 aliphatic carbocycles. The van der Waals surface area contributed by atoms with Gasteiger partial charge in [0.15, 0.2) is 0 Å². The molecular weight excluding hydrogens is 467 g/mol. The van der Waals surface area contributed by atoms with Gasteiger partial charge in [-0.05, 0) is 43.3 Å². The van der Waals surface area contributed by atoms with Crippen LogP contribution in [0, 0.1) is 0 Å². The molecular formula is C18H29F5N2O4S2. The number of hydrogen-bond donors (Lipinski definition) is 2. The summed E-state index contributed by atoms with van der Waals surface area (Å²) in [4.78, 5) is 36.4. The van der Waals surface area contributed by atoms with Gasteiger partial charge in [-0.15, -0.1) is 0 Å². The number of hydrogen-bond acceptors (Lipinski definition) is 6. The Balaban J connectivity index is 5.27. The maximum atomic E-state index is 13.3. The van der Waals surface area contributed by atoms with Crippen molar-refractivity contribution in [3.63, 3.8) is 0 Å². The summed E-state index contributed by atoms with van der Waals surface area (Å²) in [5, 5.41) is 3.79. The van der Waals surface area contributed by atoms with Crippen molar-refractivity contribution in [1.82, 2.24) is 10.6 Å². The number of esters is 1. The molecule has 0 aromatic carbocycles. The van der Waals surface area contributed by atoms with E-state index in [1.54, 1.807) is 12.5 Å². The van der Waals surface area contributed by atoms with Gasteiger partial charge >= 0.3 is 24.0 Å². The van der Waals surface area contributed by atoms with Crippen LogP contribution in [0.5, 0.6) is 0 Å². The van der Waals surface area contributed by atoms with Gasteiger partial charge in [0.1, 0.15) is 12.1 Å². The molecule has 0 aliphatic heterocycles. The third-order valence-electron chi connectivity index (χ3n) is 4.08. The lowest BCUT2D eigenvalue weighted by Gasteiger charge is -2.25. The highest BCUT2D eigenvalue weighted by Crippen LogP contribution is 2.35. The molecule has 31 heavy (non-hydrogen) atoms. The van der Waals surface area contributed by atoms with E-state index in [4.69, 9.17) is 4.74 Å².